The fourth-order valence-corrected chi connectivity index (χ4v) is 5.35. The summed E-state index contributed by atoms with van der Waals surface area (Å²) in [4.78, 5) is 26.3. The topological polar surface area (TPSA) is 135 Å². The molecule has 1 atom stereocenters. The van der Waals surface area contributed by atoms with Gasteiger partial charge in [-0.3, -0.25) is 19.5 Å². The van der Waals surface area contributed by atoms with Gasteiger partial charge in [0.15, 0.2) is 11.6 Å². The molecule has 1 fully saturated rings. The van der Waals surface area contributed by atoms with Crippen LogP contribution in [0.25, 0.3) is 5.78 Å². The summed E-state index contributed by atoms with van der Waals surface area (Å²) in [5, 5.41) is 3.63. The van der Waals surface area contributed by atoms with E-state index in [1.807, 2.05) is 24.3 Å². The van der Waals surface area contributed by atoms with Crippen LogP contribution in [0.2, 0.25) is 0 Å². The Labute approximate surface area is 243 Å². The standard InChI is InChI=1S/C27H32F3N9O4/c1-41-15-16-42-19-6-4-18(5-7-19)36-11-8-35(9-12-36)10-13-37-25-33-24-23(39(25)34-26(37)40)22(20-3-2-14-43-20)32-21(38(24)31)17-27(28,29)30/h2-7,14,21H,8-13,15-17,31H2,1H3,(H,34,40). The number of hydrogen-bond acceptors (Lipinski definition) is 10. The summed E-state index contributed by atoms with van der Waals surface area (Å²) in [6.45, 7) is 5.12. The summed E-state index contributed by atoms with van der Waals surface area (Å²) in [6.07, 6.45) is -5.83. The lowest BCUT2D eigenvalue weighted by Crippen LogP contribution is -2.47. The number of aromatic nitrogens is 4. The lowest BCUT2D eigenvalue weighted by Gasteiger charge is -2.36. The molecule has 5 heterocycles. The van der Waals surface area contributed by atoms with E-state index in [9.17, 15) is 18.0 Å². The monoisotopic (exact) mass is 603 g/mol. The maximum atomic E-state index is 13.3. The maximum Gasteiger partial charge on any atom is 0.392 e. The minimum Gasteiger partial charge on any atom is -0.491 e. The zero-order valence-corrected chi connectivity index (χ0v) is 23.5. The van der Waals surface area contributed by atoms with Crippen molar-refractivity contribution in [3.63, 3.8) is 0 Å². The smallest absolute Gasteiger partial charge is 0.392 e. The number of nitrogens with zero attached hydrogens (tertiary/aromatic N) is 7. The molecule has 3 aromatic heterocycles. The molecule has 4 aromatic rings. The molecular weight excluding hydrogens is 571 g/mol. The number of benzene rings is 1. The van der Waals surface area contributed by atoms with E-state index in [2.05, 4.69) is 24.9 Å². The number of nitrogens with two attached hydrogens (primary N) is 1. The second kappa shape index (κ2) is 11.8. The largest absolute Gasteiger partial charge is 0.491 e. The number of aromatic amines is 1. The van der Waals surface area contributed by atoms with Gasteiger partial charge in [-0.1, -0.05) is 0 Å². The number of hydrazine groups is 1. The molecule has 2 aliphatic heterocycles. The van der Waals surface area contributed by atoms with Gasteiger partial charge in [-0.25, -0.2) is 20.3 Å². The molecule has 16 heteroatoms. The summed E-state index contributed by atoms with van der Waals surface area (Å²) in [7, 11) is 1.63. The van der Waals surface area contributed by atoms with Crippen LogP contribution in [-0.4, -0.2) is 95.2 Å². The first-order valence-electron chi connectivity index (χ1n) is 13.8. The van der Waals surface area contributed by atoms with E-state index in [4.69, 9.17) is 19.7 Å². The van der Waals surface area contributed by atoms with Crippen molar-refractivity contribution in [3.05, 3.63) is 64.6 Å². The van der Waals surface area contributed by atoms with Crippen LogP contribution in [0.1, 0.15) is 17.9 Å². The number of aliphatic imine (C=N–C) groups is 1. The van der Waals surface area contributed by atoms with Crippen LogP contribution in [-0.2, 0) is 11.3 Å². The van der Waals surface area contributed by atoms with E-state index < -0.39 is 24.5 Å². The van der Waals surface area contributed by atoms with Gasteiger partial charge in [0.1, 0.15) is 29.9 Å². The summed E-state index contributed by atoms with van der Waals surface area (Å²) in [6, 6.07) is 11.1. The van der Waals surface area contributed by atoms with Gasteiger partial charge in [0.25, 0.3) is 0 Å². The summed E-state index contributed by atoms with van der Waals surface area (Å²) in [5.74, 6) is 7.43. The van der Waals surface area contributed by atoms with Crippen LogP contribution in [0.15, 0.2) is 56.9 Å². The van der Waals surface area contributed by atoms with E-state index in [-0.39, 0.29) is 28.8 Å². The summed E-state index contributed by atoms with van der Waals surface area (Å²) in [5.41, 5.74) is 1.08. The second-order valence-electron chi connectivity index (χ2n) is 10.3. The van der Waals surface area contributed by atoms with Gasteiger partial charge in [-0.2, -0.15) is 18.2 Å². The van der Waals surface area contributed by atoms with Crippen LogP contribution in [0.5, 0.6) is 5.75 Å². The minimum atomic E-state index is -4.51. The van der Waals surface area contributed by atoms with Crippen molar-refractivity contribution in [2.45, 2.75) is 25.3 Å². The average molecular weight is 604 g/mol. The highest BCUT2D eigenvalue weighted by molar-refractivity contribution is 6.14. The fraction of sp³-hybridized carbons (Fsp3) is 0.444. The maximum absolute atomic E-state index is 13.3. The predicted octanol–water partition coefficient (Wildman–Crippen LogP) is 2.07. The van der Waals surface area contributed by atoms with Crippen molar-refractivity contribution >= 4 is 23.0 Å². The van der Waals surface area contributed by atoms with Crippen molar-refractivity contribution in [2.24, 2.45) is 10.8 Å². The third-order valence-electron chi connectivity index (χ3n) is 7.54. The molecule has 1 unspecified atom stereocenters. The average Bonchev–Trinajstić information content (AvgIpc) is 3.71. The van der Waals surface area contributed by atoms with Gasteiger partial charge < -0.3 is 18.8 Å². The van der Waals surface area contributed by atoms with Gasteiger partial charge in [0, 0.05) is 52.1 Å². The van der Waals surface area contributed by atoms with E-state index in [1.54, 1.807) is 19.2 Å². The Hall–Kier alpha value is -4.28. The molecule has 0 radical (unpaired) electrons. The zero-order chi connectivity index (χ0) is 30.1. The van der Waals surface area contributed by atoms with Crippen LogP contribution < -0.4 is 26.2 Å². The Morgan fingerprint density at radius 3 is 2.53 bits per heavy atom. The molecule has 43 heavy (non-hydrogen) atoms. The van der Waals surface area contributed by atoms with Crippen molar-refractivity contribution in [1.29, 1.82) is 0 Å². The lowest BCUT2D eigenvalue weighted by molar-refractivity contribution is -0.138. The number of alkyl halides is 3. The number of rotatable bonds is 10. The quantitative estimate of drug-likeness (QED) is 0.206. The molecule has 0 saturated carbocycles. The normalized spacial score (nSPS) is 17.9. The molecule has 0 amide bonds. The Bertz CT molecular complexity index is 1620. The molecular formula is C27H32F3N9O4. The fourth-order valence-electron chi connectivity index (χ4n) is 5.35. The Morgan fingerprint density at radius 1 is 1.09 bits per heavy atom. The van der Waals surface area contributed by atoms with Crippen LogP contribution in [0, 0.1) is 0 Å². The van der Waals surface area contributed by atoms with E-state index >= 15 is 0 Å². The number of anilines is 2. The second-order valence-corrected chi connectivity index (χ2v) is 10.3. The van der Waals surface area contributed by atoms with Crippen LogP contribution >= 0.6 is 0 Å². The highest BCUT2D eigenvalue weighted by Crippen LogP contribution is 2.33. The number of methoxy groups -OCH3 is 1. The first-order valence-corrected chi connectivity index (χ1v) is 13.8. The number of imidazole rings is 1. The number of H-pyrrole nitrogens is 1. The highest BCUT2D eigenvalue weighted by atomic mass is 19.4. The van der Waals surface area contributed by atoms with Crippen molar-refractivity contribution in [3.8, 4) is 5.75 Å². The van der Waals surface area contributed by atoms with Gasteiger partial charge >= 0.3 is 11.9 Å². The first-order chi connectivity index (χ1) is 20.7. The number of nitrogens with one attached hydrogen (secondary N) is 1. The van der Waals surface area contributed by atoms with E-state index in [0.29, 0.717) is 26.3 Å². The Kier molecular flexibility index (Phi) is 7.89. The molecule has 0 aliphatic carbocycles. The van der Waals surface area contributed by atoms with Gasteiger partial charge in [0.2, 0.25) is 5.78 Å². The first kappa shape index (κ1) is 28.8. The van der Waals surface area contributed by atoms with Crippen LogP contribution in [0.3, 0.4) is 0 Å². The third-order valence-corrected chi connectivity index (χ3v) is 7.54. The summed E-state index contributed by atoms with van der Waals surface area (Å²) >= 11 is 0. The molecule has 13 nitrogen and oxygen atoms in total. The predicted molar refractivity (Wildman–Crippen MR) is 152 cm³/mol. The molecule has 0 bridgehead atoms. The molecule has 2 aliphatic rings. The molecule has 6 rings (SSSR count). The van der Waals surface area contributed by atoms with Gasteiger partial charge in [0.05, 0.1) is 19.3 Å². The van der Waals surface area contributed by atoms with Gasteiger partial charge in [-0.15, -0.1) is 0 Å². The molecule has 3 N–H and O–H groups in total. The molecule has 230 valence electrons. The zero-order valence-electron chi connectivity index (χ0n) is 23.5. The number of halogens is 3. The molecule has 1 aromatic carbocycles. The lowest BCUT2D eigenvalue weighted by atomic mass is 10.1. The highest BCUT2D eigenvalue weighted by Gasteiger charge is 2.40. The molecule has 0 spiro atoms. The van der Waals surface area contributed by atoms with E-state index in [0.717, 1.165) is 42.6 Å². The third kappa shape index (κ3) is 5.98. The number of ether oxygens (including phenoxy) is 2. The SMILES string of the molecule is COCCOc1ccc(N2CCN(CCn3c(=O)[nH]n4c5c(nc34)N(N)C(CC(F)(F)F)N=C5c3ccco3)CC2)cc1. The number of furan rings is 1. The van der Waals surface area contributed by atoms with Crippen molar-refractivity contribution in [1.82, 2.24) is 24.1 Å². The van der Waals surface area contributed by atoms with Crippen molar-refractivity contribution in [2.75, 3.05) is 63.0 Å². The van der Waals surface area contributed by atoms with Crippen molar-refractivity contribution < 1.29 is 27.1 Å². The molecule has 1 saturated heterocycles. The Balaban J connectivity index is 1.15. The number of hydrogen-bond donors (Lipinski definition) is 2. The number of fused-ring (bicyclic) bond motifs is 3. The van der Waals surface area contributed by atoms with Gasteiger partial charge in [-0.05, 0) is 36.4 Å². The Morgan fingerprint density at radius 2 is 1.86 bits per heavy atom. The number of piperazine rings is 1. The van der Waals surface area contributed by atoms with Crippen LogP contribution in [0.4, 0.5) is 24.7 Å². The minimum absolute atomic E-state index is 0.0689. The summed E-state index contributed by atoms with van der Waals surface area (Å²) < 4.78 is 58.9. The van der Waals surface area contributed by atoms with E-state index in [1.165, 1.54) is 15.3 Å².